The Morgan fingerprint density at radius 3 is 1.52 bits per heavy atom. The molecule has 67 heavy (non-hydrogen) atoms. The minimum Gasteiger partial charge on any atom is -0.256 e. The molecule has 0 bridgehead atoms. The molecule has 0 aliphatic rings. The van der Waals surface area contributed by atoms with Crippen molar-refractivity contribution in [1.82, 2.24) is 15.0 Å². The lowest BCUT2D eigenvalue weighted by Gasteiger charge is -2.15. The number of aromatic nitrogens is 3. The lowest BCUT2D eigenvalue weighted by molar-refractivity contribution is 0.897. The summed E-state index contributed by atoms with van der Waals surface area (Å²) in [5.41, 5.74) is 11.0. The maximum Gasteiger partial charge on any atom is 0.0708 e. The minimum absolute atomic E-state index is 0.0566. The fourth-order valence-electron chi connectivity index (χ4n) is 8.33. The van der Waals surface area contributed by atoms with Gasteiger partial charge in [0.2, 0.25) is 0 Å². The largest absolute Gasteiger partial charge is 0.256 e. The Morgan fingerprint density at radius 1 is 0.328 bits per heavy atom. The van der Waals surface area contributed by atoms with Gasteiger partial charge in [-0.25, -0.2) is 0 Å². The standard InChI is InChI=1S/C64H53N3/c1-46-37-57(33-34-60(46)53-17-8-3-9-18-53)61-42-64(55-21-12-5-13-22-55)67-45-59(61)32-29-51-39-49(27-25-47-30-35-62(65-43-47)54-19-10-4-11-20-54)38-50(40-51)28-26-48-31-36-63(66-44-48)58-24-14-23-56(41-58)52-15-6-2-7-16-52/h2-24,30-31,33-45H,25-29,32H2,1H3/i1D3,28D2,29D2,32D2. The first-order valence-corrected chi connectivity index (χ1v) is 22.6. The van der Waals surface area contributed by atoms with Crippen molar-refractivity contribution in [1.29, 1.82) is 0 Å². The van der Waals surface area contributed by atoms with Crippen molar-refractivity contribution in [2.45, 2.75) is 45.2 Å². The molecular weight excluding hydrogens is 811 g/mol. The Morgan fingerprint density at radius 2 is 0.866 bits per heavy atom. The van der Waals surface area contributed by atoms with Gasteiger partial charge in [-0.2, -0.15) is 0 Å². The molecule has 3 heterocycles. The van der Waals surface area contributed by atoms with E-state index in [4.69, 9.17) is 19.1 Å². The molecule has 0 saturated carbocycles. The smallest absolute Gasteiger partial charge is 0.0708 e. The summed E-state index contributed by atoms with van der Waals surface area (Å²) in [7, 11) is 0. The van der Waals surface area contributed by atoms with Crippen LogP contribution in [0.25, 0.3) is 67.2 Å². The maximum absolute atomic E-state index is 9.91. The maximum atomic E-state index is 9.91. The summed E-state index contributed by atoms with van der Waals surface area (Å²) in [6.07, 6.45) is -2.05. The molecule has 10 rings (SSSR count). The molecule has 0 amide bonds. The number of benzene rings is 7. The molecule has 0 unspecified atom stereocenters. The predicted molar refractivity (Wildman–Crippen MR) is 279 cm³/mol. The van der Waals surface area contributed by atoms with E-state index in [1.807, 2.05) is 152 Å². The molecule has 0 spiro atoms. The molecule has 0 N–H and O–H groups in total. The third-order valence-electron chi connectivity index (χ3n) is 11.9. The van der Waals surface area contributed by atoms with Crippen molar-refractivity contribution in [3.63, 3.8) is 0 Å². The van der Waals surface area contributed by atoms with E-state index in [9.17, 15) is 8.22 Å². The predicted octanol–water partition coefficient (Wildman–Crippen LogP) is 15.5. The van der Waals surface area contributed by atoms with E-state index in [-0.39, 0.29) is 34.2 Å². The van der Waals surface area contributed by atoms with Gasteiger partial charge in [-0.1, -0.05) is 188 Å². The van der Waals surface area contributed by atoms with Crippen LogP contribution in [0.1, 0.15) is 51.3 Å². The average molecular weight is 873 g/mol. The molecular formula is C64H53N3. The van der Waals surface area contributed by atoms with Crippen molar-refractivity contribution < 1.29 is 12.3 Å². The first-order valence-electron chi connectivity index (χ1n) is 27.1. The van der Waals surface area contributed by atoms with Crippen LogP contribution in [-0.4, -0.2) is 15.0 Å². The summed E-state index contributed by atoms with van der Waals surface area (Å²) in [5.74, 6) is 0. The van der Waals surface area contributed by atoms with E-state index >= 15 is 0 Å². The SMILES string of the molecule is [2H]C([2H])([2H])c1cc(-c2cc(-c3ccccc3)ncc2C([2H])([2H])C([2H])([2H])c2cc(CCc3ccc(-c4ccccc4)nc3)cc(C([2H])([2H])Cc3ccc(-c4cccc(-c5ccccc5)c4)nc3)c2)ccc1-c1ccccc1. The van der Waals surface area contributed by atoms with Gasteiger partial charge in [0, 0.05) is 47.6 Å². The second-order valence-electron chi connectivity index (χ2n) is 16.5. The van der Waals surface area contributed by atoms with Crippen LogP contribution in [0, 0.1) is 6.85 Å². The molecule has 324 valence electrons. The number of aryl methyl sites for hydroxylation is 7. The minimum atomic E-state index is -2.82. The van der Waals surface area contributed by atoms with Crippen LogP contribution < -0.4 is 0 Å². The Labute approximate surface area is 408 Å². The normalized spacial score (nSPS) is 13.9. The molecule has 3 nitrogen and oxygen atoms in total. The average Bonchev–Trinajstić information content (AvgIpc) is 3.45. The quantitative estimate of drug-likeness (QED) is 0.103. The van der Waals surface area contributed by atoms with Crippen molar-refractivity contribution in [2.75, 3.05) is 0 Å². The molecule has 3 aromatic heterocycles. The summed E-state index contributed by atoms with van der Waals surface area (Å²) in [6.45, 7) is -2.55. The van der Waals surface area contributed by atoms with E-state index in [0.717, 1.165) is 44.8 Å². The van der Waals surface area contributed by atoms with Crippen LogP contribution in [0.15, 0.2) is 231 Å². The molecule has 0 aliphatic heterocycles. The number of nitrogens with zero attached hydrogens (tertiary/aromatic N) is 3. The molecule has 0 aliphatic carbocycles. The molecule has 0 fully saturated rings. The van der Waals surface area contributed by atoms with E-state index in [0.29, 0.717) is 46.4 Å². The summed E-state index contributed by atoms with van der Waals surface area (Å²) >= 11 is 0. The lowest BCUT2D eigenvalue weighted by atomic mass is 9.90. The Bertz CT molecular complexity index is 3610. The molecule has 10 aromatic rings. The Balaban J connectivity index is 1.03. The molecule has 3 heteroatoms. The summed E-state index contributed by atoms with van der Waals surface area (Å²) in [6, 6.07) is 65.9. The van der Waals surface area contributed by atoms with Crippen LogP contribution in [0.5, 0.6) is 0 Å². The molecule has 7 aromatic carbocycles. The van der Waals surface area contributed by atoms with Crippen LogP contribution in [0.3, 0.4) is 0 Å². The van der Waals surface area contributed by atoms with Gasteiger partial charge in [0.05, 0.1) is 17.1 Å². The van der Waals surface area contributed by atoms with Gasteiger partial charge < -0.3 is 0 Å². The van der Waals surface area contributed by atoms with Crippen molar-refractivity contribution in [3.8, 4) is 67.2 Å². The van der Waals surface area contributed by atoms with Crippen molar-refractivity contribution in [3.05, 3.63) is 270 Å². The summed E-state index contributed by atoms with van der Waals surface area (Å²) in [4.78, 5) is 14.2. The van der Waals surface area contributed by atoms with Gasteiger partial charge in [-0.05, 0) is 142 Å². The molecule has 0 atom stereocenters. The first kappa shape index (κ1) is 33.5. The highest BCUT2D eigenvalue weighted by molar-refractivity contribution is 5.78. The Hall–Kier alpha value is -8.01. The monoisotopic (exact) mass is 872 g/mol. The number of rotatable bonds is 15. The van der Waals surface area contributed by atoms with E-state index < -0.39 is 26.0 Å². The van der Waals surface area contributed by atoms with Gasteiger partial charge in [0.25, 0.3) is 0 Å². The van der Waals surface area contributed by atoms with Crippen LogP contribution in [-0.2, 0) is 38.4 Å². The highest BCUT2D eigenvalue weighted by Crippen LogP contribution is 2.34. The van der Waals surface area contributed by atoms with E-state index in [1.54, 1.807) is 42.6 Å². The zero-order valence-electron chi connectivity index (χ0n) is 45.9. The van der Waals surface area contributed by atoms with Crippen LogP contribution in [0.2, 0.25) is 0 Å². The molecule has 0 radical (unpaired) electrons. The van der Waals surface area contributed by atoms with Crippen molar-refractivity contribution >= 4 is 0 Å². The highest BCUT2D eigenvalue weighted by atomic mass is 14.7. The zero-order valence-corrected chi connectivity index (χ0v) is 36.9. The van der Waals surface area contributed by atoms with Gasteiger partial charge in [-0.15, -0.1) is 0 Å². The second-order valence-corrected chi connectivity index (χ2v) is 16.5. The van der Waals surface area contributed by atoms with Gasteiger partial charge in [0.15, 0.2) is 0 Å². The van der Waals surface area contributed by atoms with Gasteiger partial charge in [0.1, 0.15) is 0 Å². The third kappa shape index (κ3) is 10.6. The first-order chi connectivity index (χ1) is 36.5. The van der Waals surface area contributed by atoms with Crippen LogP contribution >= 0.6 is 0 Å². The molecule has 0 saturated heterocycles. The highest BCUT2D eigenvalue weighted by Gasteiger charge is 2.14. The van der Waals surface area contributed by atoms with Gasteiger partial charge in [-0.3, -0.25) is 15.0 Å². The van der Waals surface area contributed by atoms with E-state index in [2.05, 4.69) is 24.3 Å². The fraction of sp³-hybridized carbons (Fsp3) is 0.109. The lowest BCUT2D eigenvalue weighted by Crippen LogP contribution is -2.02. The van der Waals surface area contributed by atoms with E-state index in [1.165, 1.54) is 12.3 Å². The summed E-state index contributed by atoms with van der Waals surface area (Å²) < 4.78 is 84.7. The number of pyridine rings is 3. The van der Waals surface area contributed by atoms with Crippen molar-refractivity contribution in [2.24, 2.45) is 0 Å². The number of hydrogen-bond acceptors (Lipinski definition) is 3. The third-order valence-corrected chi connectivity index (χ3v) is 11.9. The second kappa shape index (κ2) is 20.4. The van der Waals surface area contributed by atoms with Gasteiger partial charge >= 0.3 is 0 Å². The summed E-state index contributed by atoms with van der Waals surface area (Å²) in [5, 5.41) is 0. The topological polar surface area (TPSA) is 38.7 Å². The Kier molecular flexibility index (Phi) is 10.2. The van der Waals surface area contributed by atoms with Crippen LogP contribution in [0.4, 0.5) is 0 Å². The zero-order chi connectivity index (χ0) is 53.1. The number of hydrogen-bond donors (Lipinski definition) is 0. The fourth-order valence-corrected chi connectivity index (χ4v) is 8.33.